The van der Waals surface area contributed by atoms with Crippen LogP contribution in [0, 0.1) is 24.2 Å². The van der Waals surface area contributed by atoms with E-state index in [1.165, 1.54) is 19.3 Å². The van der Waals surface area contributed by atoms with Crippen LogP contribution in [0.1, 0.15) is 50.8 Å². The van der Waals surface area contributed by atoms with Gasteiger partial charge in [0.2, 0.25) is 5.88 Å². The fraction of sp³-hybridized carbons (Fsp3) is 0.714. The zero-order chi connectivity index (χ0) is 13.5. The first-order valence-corrected chi connectivity index (χ1v) is 6.70. The highest BCUT2D eigenvalue weighted by molar-refractivity contribution is 5.41. The van der Waals surface area contributed by atoms with Gasteiger partial charge >= 0.3 is 0 Å². The first-order chi connectivity index (χ1) is 8.63. The summed E-state index contributed by atoms with van der Waals surface area (Å²) in [5.74, 6) is 1.16. The van der Waals surface area contributed by atoms with Gasteiger partial charge < -0.3 is 4.74 Å². The Bertz CT molecular complexity index is 417. The minimum Gasteiger partial charge on any atom is -0.477 e. The van der Waals surface area contributed by atoms with Crippen molar-refractivity contribution in [2.24, 2.45) is 13.0 Å². The summed E-state index contributed by atoms with van der Waals surface area (Å²) in [6.07, 6.45) is 4.74. The van der Waals surface area contributed by atoms with Gasteiger partial charge in [-0.2, -0.15) is 10.4 Å². The van der Waals surface area contributed by atoms with Crippen LogP contribution < -0.4 is 4.74 Å². The maximum absolute atomic E-state index is 9.09. The molecule has 0 aliphatic carbocycles. The third-order valence-corrected chi connectivity index (χ3v) is 3.28. The van der Waals surface area contributed by atoms with Gasteiger partial charge in [0.15, 0.2) is 0 Å². The number of ether oxygens (including phenoxy) is 1. The number of rotatable bonds is 7. The van der Waals surface area contributed by atoms with E-state index in [1.807, 2.05) is 14.0 Å². The number of nitriles is 1. The van der Waals surface area contributed by atoms with Crippen molar-refractivity contribution in [2.45, 2.75) is 46.5 Å². The lowest BCUT2D eigenvalue weighted by molar-refractivity contribution is 0.217. The second-order valence-electron chi connectivity index (χ2n) is 4.73. The minimum absolute atomic E-state index is 0.558. The Kier molecular flexibility index (Phi) is 5.70. The maximum atomic E-state index is 9.09. The van der Waals surface area contributed by atoms with E-state index in [1.54, 1.807) is 4.68 Å². The van der Waals surface area contributed by atoms with Crippen LogP contribution in [0.25, 0.3) is 0 Å². The van der Waals surface area contributed by atoms with Gasteiger partial charge in [0, 0.05) is 7.05 Å². The van der Waals surface area contributed by atoms with E-state index in [2.05, 4.69) is 25.0 Å². The molecule has 4 nitrogen and oxygen atoms in total. The molecule has 0 N–H and O–H groups in total. The average Bonchev–Trinajstić information content (AvgIpc) is 2.63. The number of hydrogen-bond donors (Lipinski definition) is 0. The first-order valence-electron chi connectivity index (χ1n) is 6.70. The van der Waals surface area contributed by atoms with Gasteiger partial charge in [0.25, 0.3) is 0 Å². The van der Waals surface area contributed by atoms with Gasteiger partial charge in [0.05, 0.1) is 12.3 Å². The predicted molar refractivity (Wildman–Crippen MR) is 71.5 cm³/mol. The van der Waals surface area contributed by atoms with Crippen molar-refractivity contribution < 1.29 is 4.74 Å². The van der Waals surface area contributed by atoms with Gasteiger partial charge in [0.1, 0.15) is 11.6 Å². The van der Waals surface area contributed by atoms with Crippen molar-refractivity contribution in [3.05, 3.63) is 11.3 Å². The molecule has 0 saturated carbocycles. The molecule has 0 saturated heterocycles. The lowest BCUT2D eigenvalue weighted by Crippen LogP contribution is -2.13. The number of aryl methyl sites for hydroxylation is 2. The molecule has 0 aliphatic heterocycles. The normalized spacial score (nSPS) is 12.2. The van der Waals surface area contributed by atoms with Crippen LogP contribution in [0.15, 0.2) is 0 Å². The highest BCUT2D eigenvalue weighted by Gasteiger charge is 2.16. The Labute approximate surface area is 110 Å². The van der Waals surface area contributed by atoms with Crippen molar-refractivity contribution in [3.8, 4) is 11.9 Å². The second kappa shape index (κ2) is 7.05. The molecule has 1 unspecified atom stereocenters. The van der Waals surface area contributed by atoms with Crippen molar-refractivity contribution in [1.29, 1.82) is 5.26 Å². The predicted octanol–water partition coefficient (Wildman–Crippen LogP) is 3.20. The molecule has 0 aromatic carbocycles. The van der Waals surface area contributed by atoms with Crippen molar-refractivity contribution >= 4 is 0 Å². The van der Waals surface area contributed by atoms with Crippen LogP contribution in [-0.4, -0.2) is 16.4 Å². The molecule has 18 heavy (non-hydrogen) atoms. The fourth-order valence-electron chi connectivity index (χ4n) is 2.03. The lowest BCUT2D eigenvalue weighted by atomic mass is 10.0. The summed E-state index contributed by atoms with van der Waals surface area (Å²) >= 11 is 0. The quantitative estimate of drug-likeness (QED) is 0.745. The fourth-order valence-corrected chi connectivity index (χ4v) is 2.03. The zero-order valence-electron chi connectivity index (χ0n) is 11.9. The Morgan fingerprint density at radius 1 is 1.44 bits per heavy atom. The van der Waals surface area contributed by atoms with E-state index in [-0.39, 0.29) is 0 Å². The monoisotopic (exact) mass is 249 g/mol. The number of aromatic nitrogens is 2. The summed E-state index contributed by atoms with van der Waals surface area (Å²) in [6.45, 7) is 6.89. The van der Waals surface area contributed by atoms with Gasteiger partial charge in [-0.15, -0.1) is 0 Å². The van der Waals surface area contributed by atoms with E-state index >= 15 is 0 Å². The van der Waals surface area contributed by atoms with E-state index in [0.717, 1.165) is 12.1 Å². The topological polar surface area (TPSA) is 50.8 Å². The summed E-state index contributed by atoms with van der Waals surface area (Å²) in [4.78, 5) is 0. The average molecular weight is 249 g/mol. The summed E-state index contributed by atoms with van der Waals surface area (Å²) in [5, 5.41) is 13.3. The molecule has 4 heteroatoms. The Morgan fingerprint density at radius 3 is 2.72 bits per heavy atom. The summed E-state index contributed by atoms with van der Waals surface area (Å²) in [5.41, 5.74) is 1.29. The van der Waals surface area contributed by atoms with Gasteiger partial charge in [-0.25, -0.2) is 4.68 Å². The summed E-state index contributed by atoms with van der Waals surface area (Å²) < 4.78 is 7.46. The molecule has 1 heterocycles. The molecule has 0 fully saturated rings. The smallest absolute Gasteiger partial charge is 0.230 e. The maximum Gasteiger partial charge on any atom is 0.230 e. The standard InChI is InChI=1S/C14H23N3O/c1-5-7-8-12(6-2)10-18-14-13(9-15)11(3)16-17(14)4/h12H,5-8,10H2,1-4H3. The SMILES string of the molecule is CCCCC(CC)COc1c(C#N)c(C)nn1C. The van der Waals surface area contributed by atoms with Crippen LogP contribution in [0.4, 0.5) is 0 Å². The molecule has 0 radical (unpaired) electrons. The van der Waals surface area contributed by atoms with Crippen LogP contribution in [0.5, 0.6) is 5.88 Å². The zero-order valence-corrected chi connectivity index (χ0v) is 11.9. The number of unbranched alkanes of at least 4 members (excludes halogenated alkanes) is 1. The molecule has 0 amide bonds. The van der Waals surface area contributed by atoms with Crippen LogP contribution >= 0.6 is 0 Å². The Hall–Kier alpha value is -1.50. The molecule has 100 valence electrons. The molecule has 1 aromatic rings. The van der Waals surface area contributed by atoms with Gasteiger partial charge in [-0.05, 0) is 19.3 Å². The highest BCUT2D eigenvalue weighted by atomic mass is 16.5. The summed E-state index contributed by atoms with van der Waals surface area (Å²) in [6, 6.07) is 2.16. The van der Waals surface area contributed by atoms with E-state index in [4.69, 9.17) is 10.00 Å². The molecule has 0 aliphatic rings. The van der Waals surface area contributed by atoms with Crippen LogP contribution in [-0.2, 0) is 7.05 Å². The Balaban J connectivity index is 2.65. The number of nitrogens with zero attached hydrogens (tertiary/aromatic N) is 3. The molecule has 1 rings (SSSR count). The minimum atomic E-state index is 0.558. The third-order valence-electron chi connectivity index (χ3n) is 3.28. The third kappa shape index (κ3) is 3.49. The van der Waals surface area contributed by atoms with Gasteiger partial charge in [-0.3, -0.25) is 0 Å². The van der Waals surface area contributed by atoms with Crippen molar-refractivity contribution in [1.82, 2.24) is 9.78 Å². The van der Waals surface area contributed by atoms with E-state index < -0.39 is 0 Å². The molecule has 1 atom stereocenters. The second-order valence-corrected chi connectivity index (χ2v) is 4.73. The lowest BCUT2D eigenvalue weighted by Gasteiger charge is -2.15. The van der Waals surface area contributed by atoms with Crippen molar-refractivity contribution in [3.63, 3.8) is 0 Å². The largest absolute Gasteiger partial charge is 0.477 e. The molecular weight excluding hydrogens is 226 g/mol. The summed E-state index contributed by atoms with van der Waals surface area (Å²) in [7, 11) is 1.82. The molecule has 0 spiro atoms. The molecular formula is C14H23N3O. The van der Waals surface area contributed by atoms with E-state index in [0.29, 0.717) is 24.0 Å². The molecule has 1 aromatic heterocycles. The number of hydrogen-bond acceptors (Lipinski definition) is 3. The van der Waals surface area contributed by atoms with Crippen molar-refractivity contribution in [2.75, 3.05) is 6.61 Å². The van der Waals surface area contributed by atoms with Crippen LogP contribution in [0.3, 0.4) is 0 Å². The first kappa shape index (κ1) is 14.6. The highest BCUT2D eigenvalue weighted by Crippen LogP contribution is 2.22. The molecule has 0 bridgehead atoms. The van der Waals surface area contributed by atoms with E-state index in [9.17, 15) is 0 Å². The van der Waals surface area contributed by atoms with Crippen LogP contribution in [0.2, 0.25) is 0 Å². The van der Waals surface area contributed by atoms with Gasteiger partial charge in [-0.1, -0.05) is 33.1 Å². The Morgan fingerprint density at radius 2 is 2.17 bits per heavy atom.